The van der Waals surface area contributed by atoms with Crippen molar-refractivity contribution in [2.45, 2.75) is 25.3 Å². The van der Waals surface area contributed by atoms with Crippen LogP contribution in [0.1, 0.15) is 24.7 Å². The number of benzene rings is 1. The molecule has 1 unspecified atom stereocenters. The van der Waals surface area contributed by atoms with E-state index in [0.717, 1.165) is 11.4 Å². The number of nitrogens with zero attached hydrogens (tertiary/aromatic N) is 2. The van der Waals surface area contributed by atoms with Crippen molar-refractivity contribution < 1.29 is 4.79 Å². The molecular formula is C15H19N3O. The highest BCUT2D eigenvalue weighted by molar-refractivity contribution is 5.89. The van der Waals surface area contributed by atoms with E-state index >= 15 is 0 Å². The number of rotatable bonds is 5. The predicted molar refractivity (Wildman–Crippen MR) is 74.5 cm³/mol. The van der Waals surface area contributed by atoms with Crippen LogP contribution in [0.4, 0.5) is 0 Å². The molecule has 0 radical (unpaired) electrons. The Morgan fingerprint density at radius 1 is 1.37 bits per heavy atom. The van der Waals surface area contributed by atoms with E-state index in [4.69, 9.17) is 5.73 Å². The molecule has 2 aromatic rings. The molecule has 0 aliphatic heterocycles. The zero-order chi connectivity index (χ0) is 13.9. The topological polar surface area (TPSA) is 60.9 Å². The third-order valence-electron chi connectivity index (χ3n) is 3.45. The molecule has 1 aromatic carbocycles. The van der Waals surface area contributed by atoms with Crippen molar-refractivity contribution >= 4 is 5.78 Å². The van der Waals surface area contributed by atoms with Crippen LogP contribution < -0.4 is 5.73 Å². The van der Waals surface area contributed by atoms with E-state index in [0.29, 0.717) is 12.8 Å². The van der Waals surface area contributed by atoms with Crippen molar-refractivity contribution in [3.05, 3.63) is 54.1 Å². The maximum absolute atomic E-state index is 12.3. The molecular weight excluding hydrogens is 238 g/mol. The first kappa shape index (κ1) is 13.5. The molecule has 100 valence electrons. The Labute approximate surface area is 113 Å². The second kappa shape index (κ2) is 5.36. The number of carbonyl (C=O) groups excluding carboxylic acids is 1. The lowest BCUT2D eigenvalue weighted by Crippen LogP contribution is -2.42. The van der Waals surface area contributed by atoms with Crippen LogP contribution >= 0.6 is 0 Å². The van der Waals surface area contributed by atoms with Gasteiger partial charge < -0.3 is 10.3 Å². The van der Waals surface area contributed by atoms with E-state index in [9.17, 15) is 4.79 Å². The van der Waals surface area contributed by atoms with Crippen molar-refractivity contribution in [3.8, 4) is 0 Å². The lowest BCUT2D eigenvalue weighted by Gasteiger charge is -2.23. The number of ketones is 1. The van der Waals surface area contributed by atoms with Gasteiger partial charge in [0.15, 0.2) is 5.78 Å². The third kappa shape index (κ3) is 2.90. The summed E-state index contributed by atoms with van der Waals surface area (Å²) >= 11 is 0. The Kier molecular flexibility index (Phi) is 3.81. The van der Waals surface area contributed by atoms with Gasteiger partial charge in [-0.15, -0.1) is 0 Å². The van der Waals surface area contributed by atoms with E-state index in [1.54, 1.807) is 13.1 Å². The molecule has 0 amide bonds. The summed E-state index contributed by atoms with van der Waals surface area (Å²) < 4.78 is 1.92. The molecule has 0 aliphatic carbocycles. The Hall–Kier alpha value is -1.94. The summed E-state index contributed by atoms with van der Waals surface area (Å²) in [6.07, 6.45) is 4.62. The van der Waals surface area contributed by atoms with Gasteiger partial charge in [-0.1, -0.05) is 30.3 Å². The number of aromatic nitrogens is 2. The Balaban J connectivity index is 2.05. The first-order valence-electron chi connectivity index (χ1n) is 6.35. The highest BCUT2D eigenvalue weighted by atomic mass is 16.1. The normalized spacial score (nSPS) is 14.1. The molecule has 0 saturated heterocycles. The van der Waals surface area contributed by atoms with Crippen molar-refractivity contribution in [2.75, 3.05) is 0 Å². The number of imidazole rings is 1. The van der Waals surface area contributed by atoms with Crippen LogP contribution in [-0.2, 0) is 23.8 Å². The van der Waals surface area contributed by atoms with Crippen molar-refractivity contribution in [1.29, 1.82) is 0 Å². The summed E-state index contributed by atoms with van der Waals surface area (Å²) in [5.41, 5.74) is 6.09. The van der Waals surface area contributed by atoms with Gasteiger partial charge in [-0.3, -0.25) is 4.79 Å². The number of nitrogens with two attached hydrogens (primary N) is 1. The number of hydrogen-bond acceptors (Lipinski definition) is 3. The Morgan fingerprint density at radius 2 is 2.05 bits per heavy atom. The standard InChI is InChI=1S/C15H19N3O/c1-15(16,12-6-4-3-5-7-12)13(19)8-9-14-17-10-11-18(14)2/h3-7,10-11H,8-9,16H2,1-2H3. The second-order valence-electron chi connectivity index (χ2n) is 4.95. The van der Waals surface area contributed by atoms with Crippen LogP contribution in [0.5, 0.6) is 0 Å². The van der Waals surface area contributed by atoms with E-state index in [1.165, 1.54) is 0 Å². The minimum atomic E-state index is -0.938. The summed E-state index contributed by atoms with van der Waals surface area (Å²) in [4.78, 5) is 16.5. The summed E-state index contributed by atoms with van der Waals surface area (Å²) in [6, 6.07) is 9.48. The van der Waals surface area contributed by atoms with Crippen molar-refractivity contribution in [2.24, 2.45) is 12.8 Å². The third-order valence-corrected chi connectivity index (χ3v) is 3.45. The number of aryl methyl sites for hydroxylation is 2. The molecule has 0 bridgehead atoms. The molecule has 2 rings (SSSR count). The van der Waals surface area contributed by atoms with Crippen LogP contribution in [0.15, 0.2) is 42.7 Å². The number of Topliss-reactive ketones (excluding diaryl/α,β-unsaturated/α-hetero) is 1. The zero-order valence-corrected chi connectivity index (χ0v) is 11.3. The van der Waals surface area contributed by atoms with Gasteiger partial charge in [0, 0.05) is 32.3 Å². The molecule has 1 atom stereocenters. The van der Waals surface area contributed by atoms with Gasteiger partial charge in [-0.05, 0) is 12.5 Å². The average molecular weight is 257 g/mol. The molecule has 1 heterocycles. The monoisotopic (exact) mass is 257 g/mol. The van der Waals surface area contributed by atoms with Gasteiger partial charge in [0.1, 0.15) is 5.82 Å². The number of hydrogen-bond donors (Lipinski definition) is 1. The Morgan fingerprint density at radius 3 is 2.63 bits per heavy atom. The maximum atomic E-state index is 12.3. The summed E-state index contributed by atoms with van der Waals surface area (Å²) in [7, 11) is 1.92. The largest absolute Gasteiger partial charge is 0.338 e. The lowest BCUT2D eigenvalue weighted by atomic mass is 9.86. The van der Waals surface area contributed by atoms with Gasteiger partial charge in [-0.25, -0.2) is 4.98 Å². The van der Waals surface area contributed by atoms with E-state index in [-0.39, 0.29) is 5.78 Å². The second-order valence-corrected chi connectivity index (χ2v) is 4.95. The van der Waals surface area contributed by atoms with Gasteiger partial charge in [0.25, 0.3) is 0 Å². The van der Waals surface area contributed by atoms with Crippen molar-refractivity contribution in [3.63, 3.8) is 0 Å². The predicted octanol–water partition coefficient (Wildman–Crippen LogP) is 1.80. The maximum Gasteiger partial charge on any atom is 0.157 e. The fourth-order valence-corrected chi connectivity index (χ4v) is 2.07. The zero-order valence-electron chi connectivity index (χ0n) is 11.3. The average Bonchev–Trinajstić information content (AvgIpc) is 2.82. The summed E-state index contributed by atoms with van der Waals surface area (Å²) in [5, 5.41) is 0. The van der Waals surface area contributed by atoms with Crippen LogP contribution in [0, 0.1) is 0 Å². The first-order chi connectivity index (χ1) is 9.01. The molecule has 19 heavy (non-hydrogen) atoms. The number of carbonyl (C=O) groups is 1. The van der Waals surface area contributed by atoms with E-state index in [1.807, 2.05) is 48.1 Å². The van der Waals surface area contributed by atoms with Crippen molar-refractivity contribution in [1.82, 2.24) is 9.55 Å². The molecule has 2 N–H and O–H groups in total. The van der Waals surface area contributed by atoms with E-state index in [2.05, 4.69) is 4.98 Å². The first-order valence-corrected chi connectivity index (χ1v) is 6.35. The van der Waals surface area contributed by atoms with E-state index < -0.39 is 5.54 Å². The van der Waals surface area contributed by atoms with Gasteiger partial charge >= 0.3 is 0 Å². The summed E-state index contributed by atoms with van der Waals surface area (Å²) in [6.45, 7) is 1.77. The van der Waals surface area contributed by atoms with Crippen LogP contribution in [0.3, 0.4) is 0 Å². The molecule has 0 fully saturated rings. The fourth-order valence-electron chi connectivity index (χ4n) is 2.07. The SMILES string of the molecule is Cn1ccnc1CCC(=O)C(C)(N)c1ccccc1. The highest BCUT2D eigenvalue weighted by Gasteiger charge is 2.29. The smallest absolute Gasteiger partial charge is 0.157 e. The Bertz CT molecular complexity index is 558. The minimum absolute atomic E-state index is 0.0294. The fraction of sp³-hybridized carbons (Fsp3) is 0.333. The molecule has 0 spiro atoms. The lowest BCUT2D eigenvalue weighted by molar-refractivity contribution is -0.123. The molecule has 4 nitrogen and oxygen atoms in total. The van der Waals surface area contributed by atoms with Crippen LogP contribution in [-0.4, -0.2) is 15.3 Å². The molecule has 4 heteroatoms. The molecule has 0 aliphatic rings. The molecule has 1 aromatic heterocycles. The van der Waals surface area contributed by atoms with Crippen LogP contribution in [0.2, 0.25) is 0 Å². The van der Waals surface area contributed by atoms with Crippen LogP contribution in [0.25, 0.3) is 0 Å². The highest BCUT2D eigenvalue weighted by Crippen LogP contribution is 2.20. The van der Waals surface area contributed by atoms with Gasteiger partial charge in [-0.2, -0.15) is 0 Å². The quantitative estimate of drug-likeness (QED) is 0.888. The summed E-state index contributed by atoms with van der Waals surface area (Å²) in [5.74, 6) is 0.930. The van der Waals surface area contributed by atoms with Gasteiger partial charge in [0.2, 0.25) is 0 Å². The van der Waals surface area contributed by atoms with Gasteiger partial charge in [0.05, 0.1) is 5.54 Å². The minimum Gasteiger partial charge on any atom is -0.338 e. The molecule has 0 saturated carbocycles.